The van der Waals surface area contributed by atoms with Gasteiger partial charge in [0.1, 0.15) is 12.2 Å². The average molecular weight is 1110 g/mol. The van der Waals surface area contributed by atoms with Gasteiger partial charge >= 0.3 is 0 Å². The van der Waals surface area contributed by atoms with Gasteiger partial charge in [-0.05, 0) is 89.9 Å². The number of carbonyl (C=O) groups excluding carboxylic acids is 1. The lowest BCUT2D eigenvalue weighted by molar-refractivity contribution is -0.132. The van der Waals surface area contributed by atoms with Crippen LogP contribution in [-0.2, 0) is 4.79 Å². The van der Waals surface area contributed by atoms with Crippen LogP contribution in [0.15, 0.2) is 48.6 Å². The third-order valence-electron chi connectivity index (χ3n) is 16.7. The lowest BCUT2D eigenvalue weighted by Crippen LogP contribution is -2.53. The van der Waals surface area contributed by atoms with Crippen molar-refractivity contribution in [2.75, 3.05) is 6.61 Å². The van der Waals surface area contributed by atoms with Crippen molar-refractivity contribution in [1.29, 1.82) is 0 Å². The molecule has 4 unspecified atom stereocenters. The van der Waals surface area contributed by atoms with Crippen LogP contribution in [-0.4, -0.2) is 57.3 Å². The predicted molar refractivity (Wildman–Crippen MR) is 348 cm³/mol. The topological polar surface area (TPSA) is 110 Å². The van der Waals surface area contributed by atoms with Gasteiger partial charge in [0.05, 0.1) is 18.8 Å². The zero-order valence-electron chi connectivity index (χ0n) is 53.1. The first-order valence-corrected chi connectivity index (χ1v) is 35.5. The monoisotopic (exact) mass is 1110 g/mol. The molecule has 0 heterocycles. The number of amides is 1. The number of hydrogen-bond donors (Lipinski definition) is 5. The fourth-order valence-electron chi connectivity index (χ4n) is 11.2. The maximum absolute atomic E-state index is 12.7. The highest BCUT2D eigenvalue weighted by Gasteiger charge is 2.28. The van der Waals surface area contributed by atoms with E-state index < -0.39 is 36.9 Å². The second-order valence-corrected chi connectivity index (χ2v) is 24.6. The smallest absolute Gasteiger partial charge is 0.249 e. The van der Waals surface area contributed by atoms with E-state index >= 15 is 0 Å². The number of hydrogen-bond acceptors (Lipinski definition) is 5. The van der Waals surface area contributed by atoms with Crippen LogP contribution >= 0.6 is 0 Å². The molecule has 0 spiro atoms. The zero-order valence-corrected chi connectivity index (χ0v) is 53.1. The minimum atomic E-state index is -1.30. The maximum Gasteiger partial charge on any atom is 0.249 e. The number of rotatable bonds is 66. The van der Waals surface area contributed by atoms with Gasteiger partial charge < -0.3 is 25.7 Å². The molecule has 0 saturated heterocycles. The van der Waals surface area contributed by atoms with Gasteiger partial charge in [-0.2, -0.15) is 0 Å². The number of aliphatic hydroxyl groups is 4. The normalized spacial score (nSPS) is 13.7. The van der Waals surface area contributed by atoms with E-state index in [4.69, 9.17) is 0 Å². The van der Waals surface area contributed by atoms with E-state index in [0.29, 0.717) is 19.3 Å². The van der Waals surface area contributed by atoms with E-state index in [9.17, 15) is 25.2 Å². The molecule has 0 saturated carbocycles. The molecule has 466 valence electrons. The van der Waals surface area contributed by atoms with Crippen molar-refractivity contribution in [2.24, 2.45) is 0 Å². The Morgan fingerprint density at radius 1 is 0.304 bits per heavy atom. The Hall–Kier alpha value is -1.73. The summed E-state index contributed by atoms with van der Waals surface area (Å²) >= 11 is 0. The van der Waals surface area contributed by atoms with E-state index in [1.165, 1.54) is 295 Å². The van der Waals surface area contributed by atoms with Crippen LogP contribution in [0.4, 0.5) is 0 Å². The molecular formula is C73H139NO5. The number of allylic oxidation sites excluding steroid dienone is 8. The molecule has 0 rings (SSSR count). The largest absolute Gasteiger partial charge is 0.394 e. The molecule has 0 aromatic heterocycles. The van der Waals surface area contributed by atoms with E-state index in [1.807, 2.05) is 0 Å². The molecule has 1 amide bonds. The van der Waals surface area contributed by atoms with Gasteiger partial charge in [0.15, 0.2) is 0 Å². The van der Waals surface area contributed by atoms with Crippen molar-refractivity contribution in [3.63, 3.8) is 0 Å². The molecule has 0 radical (unpaired) electrons. The van der Waals surface area contributed by atoms with Crippen molar-refractivity contribution >= 4 is 5.91 Å². The molecule has 0 aliphatic carbocycles. The van der Waals surface area contributed by atoms with Gasteiger partial charge in [0.2, 0.25) is 5.91 Å². The van der Waals surface area contributed by atoms with Gasteiger partial charge in [0, 0.05) is 0 Å². The Morgan fingerprint density at radius 3 is 0.797 bits per heavy atom. The lowest BCUT2D eigenvalue weighted by atomic mass is 10.00. The SMILES string of the molecule is CCCCCCCCCCCCCC/C=C\CCCCCCCCCCCCCCCCCC(O)C(=O)NC(CO)C(O)C(O)CCC/C=C/CC/C=C/CC/C=C/CCCCCCCCCCCCCCCCCCCCC. The number of nitrogens with one attached hydrogen (secondary N) is 1. The highest BCUT2D eigenvalue weighted by molar-refractivity contribution is 5.80. The third-order valence-corrected chi connectivity index (χ3v) is 16.7. The number of carbonyl (C=O) groups is 1. The van der Waals surface area contributed by atoms with Crippen LogP contribution < -0.4 is 5.32 Å². The lowest BCUT2D eigenvalue weighted by Gasteiger charge is -2.27. The van der Waals surface area contributed by atoms with Crippen LogP contribution in [0.1, 0.15) is 380 Å². The summed E-state index contributed by atoms with van der Waals surface area (Å²) in [6.07, 6.45) is 88.2. The Bertz CT molecular complexity index is 1290. The third kappa shape index (κ3) is 60.7. The van der Waals surface area contributed by atoms with Crippen molar-refractivity contribution in [3.8, 4) is 0 Å². The average Bonchev–Trinajstić information content (AvgIpc) is 3.45. The summed E-state index contributed by atoms with van der Waals surface area (Å²) < 4.78 is 0. The van der Waals surface area contributed by atoms with Crippen molar-refractivity contribution < 1.29 is 25.2 Å². The highest BCUT2D eigenvalue weighted by Crippen LogP contribution is 2.19. The minimum absolute atomic E-state index is 0.360. The van der Waals surface area contributed by atoms with Crippen LogP contribution in [0.5, 0.6) is 0 Å². The second kappa shape index (κ2) is 67.1. The van der Waals surface area contributed by atoms with Crippen LogP contribution in [0.25, 0.3) is 0 Å². The first-order chi connectivity index (χ1) is 39.0. The molecule has 5 N–H and O–H groups in total. The highest BCUT2D eigenvalue weighted by atomic mass is 16.3. The minimum Gasteiger partial charge on any atom is -0.394 e. The van der Waals surface area contributed by atoms with Gasteiger partial charge in [-0.15, -0.1) is 0 Å². The standard InChI is InChI=1S/C73H139NO5/c1-3-5-7-9-11-13-15-17-19-21-23-25-27-29-31-33-35-37-38-40-42-44-46-48-50-52-54-56-58-60-62-64-66-70(76)72(78)69(68-75)74-73(79)71(77)67-65-63-61-59-57-55-53-51-49-47-45-43-41-39-36-34-32-30-28-26-24-22-20-18-16-14-12-10-8-6-4-2/h30,32,42,44,50,52,58,60,69-72,75-78H,3-29,31,33-41,43,45-49,51,53-57,59,61-68H2,1-2H3,(H,74,79)/b32-30-,44-42+,52-50+,60-58+. The van der Waals surface area contributed by atoms with Gasteiger partial charge in [-0.25, -0.2) is 0 Å². The molecular weight excluding hydrogens is 971 g/mol. The van der Waals surface area contributed by atoms with Crippen LogP contribution in [0.2, 0.25) is 0 Å². The predicted octanol–water partition coefficient (Wildman–Crippen LogP) is 22.0. The summed E-state index contributed by atoms with van der Waals surface area (Å²) in [5.74, 6) is -0.595. The maximum atomic E-state index is 12.7. The van der Waals surface area contributed by atoms with Crippen molar-refractivity contribution in [2.45, 2.75) is 404 Å². The quantitative estimate of drug-likeness (QED) is 0.0308. The summed E-state index contributed by atoms with van der Waals surface area (Å²) in [6.45, 7) is 4.09. The number of aliphatic hydroxyl groups excluding tert-OH is 4. The summed E-state index contributed by atoms with van der Waals surface area (Å²) in [5.41, 5.74) is 0. The second-order valence-electron chi connectivity index (χ2n) is 24.6. The van der Waals surface area contributed by atoms with Gasteiger partial charge in [-0.1, -0.05) is 339 Å². The van der Waals surface area contributed by atoms with Crippen LogP contribution in [0.3, 0.4) is 0 Å². The molecule has 4 atom stereocenters. The Morgan fingerprint density at radius 2 is 0.532 bits per heavy atom. The van der Waals surface area contributed by atoms with E-state index in [-0.39, 0.29) is 0 Å². The Balaban J connectivity index is 3.61. The van der Waals surface area contributed by atoms with Crippen molar-refractivity contribution in [3.05, 3.63) is 48.6 Å². The molecule has 0 aromatic rings. The molecule has 0 bridgehead atoms. The summed E-state index contributed by atoms with van der Waals surface area (Å²) in [7, 11) is 0. The summed E-state index contributed by atoms with van der Waals surface area (Å²) in [5, 5.41) is 44.2. The summed E-state index contributed by atoms with van der Waals surface area (Å²) in [4.78, 5) is 12.7. The zero-order chi connectivity index (χ0) is 57.3. The van der Waals surface area contributed by atoms with E-state index in [1.54, 1.807) is 0 Å². The molecule has 0 aromatic carbocycles. The van der Waals surface area contributed by atoms with Gasteiger partial charge in [-0.3, -0.25) is 4.79 Å². The fourth-order valence-corrected chi connectivity index (χ4v) is 11.2. The summed E-state index contributed by atoms with van der Waals surface area (Å²) in [6, 6.07) is -1.01. The molecule has 6 heteroatoms. The first kappa shape index (κ1) is 77.3. The molecule has 0 aliphatic heterocycles. The van der Waals surface area contributed by atoms with E-state index in [0.717, 1.165) is 51.4 Å². The van der Waals surface area contributed by atoms with Gasteiger partial charge in [0.25, 0.3) is 0 Å². The Labute approximate surface area is 493 Å². The number of unbranched alkanes of at least 4 members (excludes halogenated alkanes) is 49. The molecule has 6 nitrogen and oxygen atoms in total. The molecule has 0 aliphatic rings. The van der Waals surface area contributed by atoms with E-state index in [2.05, 4.69) is 67.8 Å². The first-order valence-electron chi connectivity index (χ1n) is 35.5. The molecule has 79 heavy (non-hydrogen) atoms. The Kier molecular flexibility index (Phi) is 65.6. The molecule has 0 fully saturated rings. The van der Waals surface area contributed by atoms with Crippen molar-refractivity contribution in [1.82, 2.24) is 5.32 Å². The fraction of sp³-hybridized carbons (Fsp3) is 0.877. The van der Waals surface area contributed by atoms with Crippen LogP contribution in [0, 0.1) is 0 Å².